The highest BCUT2D eigenvalue weighted by Gasteiger charge is 2.15. The molecule has 0 spiro atoms. The number of H-pyrrole nitrogens is 1. The highest BCUT2D eigenvalue weighted by atomic mass is 79.9. The van der Waals surface area contributed by atoms with Crippen LogP contribution in [-0.2, 0) is 4.74 Å². The van der Waals surface area contributed by atoms with Crippen LogP contribution in [-0.4, -0.2) is 17.7 Å². The van der Waals surface area contributed by atoms with Gasteiger partial charge in [0.25, 0.3) is 5.56 Å². The van der Waals surface area contributed by atoms with E-state index in [1.54, 1.807) is 31.2 Å². The Hall–Kier alpha value is -1.82. The first-order valence-corrected chi connectivity index (χ1v) is 6.08. The topological polar surface area (TPSA) is 68.4 Å². The maximum Gasteiger partial charge on any atom is 0.513 e. The molecule has 0 saturated heterocycles. The van der Waals surface area contributed by atoms with Crippen molar-refractivity contribution in [2.75, 3.05) is 6.61 Å². The predicted octanol–water partition coefficient (Wildman–Crippen LogP) is 2.83. The summed E-state index contributed by atoms with van der Waals surface area (Å²) in [5.74, 6) is 0.160. The van der Waals surface area contributed by atoms with Gasteiger partial charge in [-0.25, -0.2) is 4.79 Å². The Morgan fingerprint density at radius 3 is 2.83 bits per heavy atom. The molecule has 0 radical (unpaired) electrons. The zero-order chi connectivity index (χ0) is 13.1. The number of hydrogen-bond donors (Lipinski definition) is 1. The molecule has 0 saturated carbocycles. The second-order valence-electron chi connectivity index (χ2n) is 3.43. The standard InChI is InChI=1S/C12H10BrNO4/c1-2-17-12(16)18-10-7-5-3-4-6-8(7)14-11(15)9(10)13/h3-6H,2H2,1H3,(H,14,15). The van der Waals surface area contributed by atoms with Crippen LogP contribution in [0.5, 0.6) is 5.75 Å². The number of halogens is 1. The van der Waals surface area contributed by atoms with Gasteiger partial charge in [0.05, 0.1) is 12.1 Å². The zero-order valence-corrected chi connectivity index (χ0v) is 11.1. The van der Waals surface area contributed by atoms with Gasteiger partial charge in [-0.2, -0.15) is 0 Å². The first-order valence-electron chi connectivity index (χ1n) is 5.28. The summed E-state index contributed by atoms with van der Waals surface area (Å²) in [6.45, 7) is 1.88. The number of hydrogen-bond acceptors (Lipinski definition) is 4. The number of aromatic amines is 1. The van der Waals surface area contributed by atoms with Crippen molar-refractivity contribution < 1.29 is 14.3 Å². The summed E-state index contributed by atoms with van der Waals surface area (Å²) in [7, 11) is 0. The first-order chi connectivity index (χ1) is 8.63. The molecule has 0 unspecified atom stereocenters. The summed E-state index contributed by atoms with van der Waals surface area (Å²) in [6.07, 6.45) is -0.839. The molecule has 0 atom stereocenters. The van der Waals surface area contributed by atoms with Crippen LogP contribution in [0.2, 0.25) is 0 Å². The van der Waals surface area contributed by atoms with E-state index in [-0.39, 0.29) is 22.4 Å². The highest BCUT2D eigenvalue weighted by Crippen LogP contribution is 2.29. The number of carbonyl (C=O) groups excluding carboxylic acids is 1. The quantitative estimate of drug-likeness (QED) is 0.866. The molecule has 2 rings (SSSR count). The third-order valence-electron chi connectivity index (χ3n) is 2.27. The summed E-state index contributed by atoms with van der Waals surface area (Å²) in [5, 5.41) is 0.622. The van der Waals surface area contributed by atoms with Crippen LogP contribution in [0.4, 0.5) is 4.79 Å². The molecule has 18 heavy (non-hydrogen) atoms. The second-order valence-corrected chi connectivity index (χ2v) is 4.22. The molecule has 0 amide bonds. The van der Waals surface area contributed by atoms with Crippen LogP contribution in [0.1, 0.15) is 6.92 Å². The first kappa shape index (κ1) is 12.6. The van der Waals surface area contributed by atoms with E-state index in [1.807, 2.05) is 0 Å². The van der Waals surface area contributed by atoms with Crippen LogP contribution in [0, 0.1) is 0 Å². The van der Waals surface area contributed by atoms with Gasteiger partial charge in [-0.15, -0.1) is 0 Å². The van der Waals surface area contributed by atoms with Crippen molar-refractivity contribution in [1.29, 1.82) is 0 Å². The van der Waals surface area contributed by atoms with Gasteiger partial charge in [0.1, 0.15) is 4.47 Å². The van der Waals surface area contributed by atoms with E-state index in [0.29, 0.717) is 10.9 Å². The number of para-hydroxylation sites is 1. The molecule has 6 heteroatoms. The number of pyridine rings is 1. The molecule has 0 aliphatic heterocycles. The number of ether oxygens (including phenoxy) is 2. The molecular formula is C12H10BrNO4. The van der Waals surface area contributed by atoms with Gasteiger partial charge < -0.3 is 14.5 Å². The fraction of sp³-hybridized carbons (Fsp3) is 0.167. The smallest absolute Gasteiger partial charge is 0.434 e. The minimum absolute atomic E-state index is 0.160. The lowest BCUT2D eigenvalue weighted by Crippen LogP contribution is -2.15. The number of carbonyl (C=O) groups is 1. The van der Waals surface area contributed by atoms with Gasteiger partial charge in [0.15, 0.2) is 5.75 Å². The average Bonchev–Trinajstić information content (AvgIpc) is 2.35. The summed E-state index contributed by atoms with van der Waals surface area (Å²) in [6, 6.07) is 7.03. The van der Waals surface area contributed by atoms with Gasteiger partial charge in [-0.1, -0.05) is 12.1 Å². The minimum atomic E-state index is -0.839. The maximum atomic E-state index is 11.7. The van der Waals surface area contributed by atoms with Gasteiger partial charge in [0.2, 0.25) is 0 Å². The summed E-state index contributed by atoms with van der Waals surface area (Å²) < 4.78 is 9.91. The van der Waals surface area contributed by atoms with E-state index in [9.17, 15) is 9.59 Å². The molecule has 0 aliphatic carbocycles. The molecule has 0 bridgehead atoms. The molecule has 1 N–H and O–H groups in total. The normalized spacial score (nSPS) is 10.3. The Labute approximate surface area is 111 Å². The number of nitrogens with one attached hydrogen (secondary N) is 1. The van der Waals surface area contributed by atoms with Crippen molar-refractivity contribution in [1.82, 2.24) is 4.98 Å². The number of fused-ring (bicyclic) bond motifs is 1. The monoisotopic (exact) mass is 311 g/mol. The second kappa shape index (κ2) is 5.22. The predicted molar refractivity (Wildman–Crippen MR) is 69.9 cm³/mol. The van der Waals surface area contributed by atoms with E-state index in [2.05, 4.69) is 20.9 Å². The van der Waals surface area contributed by atoms with Crippen LogP contribution < -0.4 is 10.3 Å². The molecule has 0 fully saturated rings. The van der Waals surface area contributed by atoms with Crippen LogP contribution in [0.3, 0.4) is 0 Å². The third kappa shape index (κ3) is 2.38. The van der Waals surface area contributed by atoms with Crippen molar-refractivity contribution in [2.24, 2.45) is 0 Å². The van der Waals surface area contributed by atoms with Crippen molar-refractivity contribution in [3.8, 4) is 5.75 Å². The van der Waals surface area contributed by atoms with Gasteiger partial charge in [-0.05, 0) is 35.0 Å². The molecule has 1 aromatic heterocycles. The van der Waals surface area contributed by atoms with Gasteiger partial charge >= 0.3 is 6.16 Å². The van der Waals surface area contributed by atoms with Crippen LogP contribution in [0.25, 0.3) is 10.9 Å². The van der Waals surface area contributed by atoms with Crippen LogP contribution in [0.15, 0.2) is 33.5 Å². The lowest BCUT2D eigenvalue weighted by molar-refractivity contribution is 0.104. The minimum Gasteiger partial charge on any atom is -0.434 e. The van der Waals surface area contributed by atoms with E-state index in [1.165, 1.54) is 0 Å². The lowest BCUT2D eigenvalue weighted by atomic mass is 10.2. The molecule has 1 aromatic carbocycles. The van der Waals surface area contributed by atoms with Crippen molar-refractivity contribution in [3.63, 3.8) is 0 Å². The third-order valence-corrected chi connectivity index (χ3v) is 2.99. The molecule has 5 nitrogen and oxygen atoms in total. The molecular weight excluding hydrogens is 302 g/mol. The molecule has 94 valence electrons. The fourth-order valence-electron chi connectivity index (χ4n) is 1.52. The Balaban J connectivity index is 2.57. The van der Waals surface area contributed by atoms with E-state index in [4.69, 9.17) is 9.47 Å². The van der Waals surface area contributed by atoms with E-state index >= 15 is 0 Å². The number of aromatic nitrogens is 1. The fourth-order valence-corrected chi connectivity index (χ4v) is 1.91. The molecule has 0 aliphatic rings. The number of rotatable bonds is 2. The number of benzene rings is 1. The molecule has 1 heterocycles. The summed E-state index contributed by atoms with van der Waals surface area (Å²) in [5.41, 5.74) is 0.220. The largest absolute Gasteiger partial charge is 0.513 e. The maximum absolute atomic E-state index is 11.7. The SMILES string of the molecule is CCOC(=O)Oc1c(Br)c(=O)[nH]c2ccccc12. The van der Waals surface area contributed by atoms with Crippen molar-refractivity contribution >= 4 is 33.0 Å². The Bertz CT molecular complexity index is 650. The summed E-state index contributed by atoms with van der Waals surface area (Å²) >= 11 is 3.10. The lowest BCUT2D eigenvalue weighted by Gasteiger charge is -2.08. The Kier molecular flexibility index (Phi) is 3.66. The van der Waals surface area contributed by atoms with Gasteiger partial charge in [0, 0.05) is 5.39 Å². The van der Waals surface area contributed by atoms with Gasteiger partial charge in [-0.3, -0.25) is 4.79 Å². The van der Waals surface area contributed by atoms with Crippen LogP contribution >= 0.6 is 15.9 Å². The average molecular weight is 312 g/mol. The Morgan fingerprint density at radius 2 is 2.11 bits per heavy atom. The zero-order valence-electron chi connectivity index (χ0n) is 9.53. The van der Waals surface area contributed by atoms with E-state index in [0.717, 1.165) is 0 Å². The summed E-state index contributed by atoms with van der Waals surface area (Å²) in [4.78, 5) is 25.7. The molecule has 2 aromatic rings. The van der Waals surface area contributed by atoms with Crippen molar-refractivity contribution in [2.45, 2.75) is 6.92 Å². The highest BCUT2D eigenvalue weighted by molar-refractivity contribution is 9.10. The van der Waals surface area contributed by atoms with E-state index < -0.39 is 6.16 Å². The van der Waals surface area contributed by atoms with Crippen molar-refractivity contribution in [3.05, 3.63) is 39.1 Å². The Morgan fingerprint density at radius 1 is 1.39 bits per heavy atom.